The van der Waals surface area contributed by atoms with Crippen LogP contribution in [0, 0.1) is 0 Å². The lowest BCUT2D eigenvalue weighted by Crippen LogP contribution is -2.42. The number of hydrogen-bond donors (Lipinski definition) is 2. The van der Waals surface area contributed by atoms with Gasteiger partial charge < -0.3 is 19.9 Å². The average Bonchev–Trinajstić information content (AvgIpc) is 2.81. The molecule has 9 heteroatoms. The third kappa shape index (κ3) is 3.76. The van der Waals surface area contributed by atoms with Gasteiger partial charge in [-0.3, -0.25) is 9.69 Å². The number of phenolic OH excluding ortho intramolecular Hbond substituents is 1. The van der Waals surface area contributed by atoms with Crippen molar-refractivity contribution in [3.8, 4) is 11.5 Å². The molecule has 0 aliphatic heterocycles. The van der Waals surface area contributed by atoms with E-state index in [1.54, 1.807) is 18.2 Å². The van der Waals surface area contributed by atoms with E-state index in [1.165, 1.54) is 20.3 Å². The predicted molar refractivity (Wildman–Crippen MR) is 125 cm³/mol. The van der Waals surface area contributed by atoms with Gasteiger partial charge in [-0.05, 0) is 27.1 Å². The molecule has 1 atom stereocenters. The number of hydrogen-bond acceptors (Lipinski definition) is 8. The Bertz CT molecular complexity index is 1420. The monoisotopic (exact) mass is 448 g/mol. The van der Waals surface area contributed by atoms with Crippen LogP contribution in [0.25, 0.3) is 32.8 Å². The van der Waals surface area contributed by atoms with Gasteiger partial charge in [-0.1, -0.05) is 24.3 Å². The van der Waals surface area contributed by atoms with Gasteiger partial charge >= 0.3 is 5.97 Å². The topological polar surface area (TPSA) is 114 Å². The van der Waals surface area contributed by atoms with Crippen LogP contribution in [0.4, 0.5) is 0 Å². The first-order chi connectivity index (χ1) is 15.8. The fourth-order valence-corrected chi connectivity index (χ4v) is 3.63. The van der Waals surface area contributed by atoms with E-state index >= 15 is 0 Å². The summed E-state index contributed by atoms with van der Waals surface area (Å²) in [6, 6.07) is 10.2. The van der Waals surface area contributed by atoms with Crippen molar-refractivity contribution < 1.29 is 24.2 Å². The Morgan fingerprint density at radius 1 is 1.03 bits per heavy atom. The number of aromatic nitrogens is 2. The molecule has 0 aliphatic rings. The zero-order valence-corrected chi connectivity index (χ0v) is 19.0. The van der Waals surface area contributed by atoms with Crippen LogP contribution >= 0.6 is 0 Å². The Balaban J connectivity index is 2.08. The van der Waals surface area contributed by atoms with Crippen LogP contribution in [-0.4, -0.2) is 66.3 Å². The summed E-state index contributed by atoms with van der Waals surface area (Å²) in [6.45, 7) is 1.83. The summed E-state index contributed by atoms with van der Waals surface area (Å²) in [5, 5.41) is 15.1. The molecule has 0 radical (unpaired) electrons. The largest absolute Gasteiger partial charge is 0.506 e. The molecule has 1 heterocycles. The van der Waals surface area contributed by atoms with Gasteiger partial charge in [0.1, 0.15) is 28.1 Å². The van der Waals surface area contributed by atoms with Crippen LogP contribution in [0.3, 0.4) is 0 Å². The molecule has 4 rings (SSSR count). The fraction of sp³-hybridized carbons (Fsp3) is 0.250. The number of methoxy groups -OCH3 is 2. The maximum atomic E-state index is 13.2. The number of esters is 1. The summed E-state index contributed by atoms with van der Waals surface area (Å²) in [5.41, 5.74) is 1.69. The van der Waals surface area contributed by atoms with E-state index in [2.05, 4.69) is 10.3 Å². The van der Waals surface area contributed by atoms with Gasteiger partial charge in [-0.2, -0.15) is 0 Å². The second kappa shape index (κ2) is 8.51. The molecule has 33 heavy (non-hydrogen) atoms. The van der Waals surface area contributed by atoms with E-state index in [-0.39, 0.29) is 28.6 Å². The van der Waals surface area contributed by atoms with E-state index in [9.17, 15) is 14.7 Å². The van der Waals surface area contributed by atoms with Gasteiger partial charge in [0.05, 0.1) is 36.9 Å². The average molecular weight is 448 g/mol. The minimum Gasteiger partial charge on any atom is -0.506 e. The number of benzene rings is 3. The molecule has 9 nitrogen and oxygen atoms in total. The summed E-state index contributed by atoms with van der Waals surface area (Å²) in [5.74, 6) is -0.963. The summed E-state index contributed by atoms with van der Waals surface area (Å²) >= 11 is 0. The Kier molecular flexibility index (Phi) is 5.73. The van der Waals surface area contributed by atoms with Crippen LogP contribution in [0.5, 0.6) is 11.5 Å². The summed E-state index contributed by atoms with van der Waals surface area (Å²) < 4.78 is 10.2. The number of nitrogens with one attached hydrogen (secondary N) is 1. The van der Waals surface area contributed by atoms with Crippen molar-refractivity contribution in [2.75, 3.05) is 28.3 Å². The summed E-state index contributed by atoms with van der Waals surface area (Å²) in [7, 11) is 6.39. The number of nitrogens with zero attached hydrogens (tertiary/aromatic N) is 3. The smallest absolute Gasteiger partial charge is 0.341 e. The molecule has 170 valence electrons. The normalized spacial score (nSPS) is 12.3. The highest BCUT2D eigenvalue weighted by Gasteiger charge is 2.24. The SMILES string of the molecule is COC(=O)c1cc2nc3c(C(=O)NC(C)N(C)C)c(O)c4ccccc4c3nc2cc1OC. The van der Waals surface area contributed by atoms with Crippen molar-refractivity contribution in [1.29, 1.82) is 0 Å². The van der Waals surface area contributed by atoms with Gasteiger partial charge in [0.2, 0.25) is 0 Å². The number of fused-ring (bicyclic) bond motifs is 4. The molecule has 3 aromatic carbocycles. The highest BCUT2D eigenvalue weighted by Crippen LogP contribution is 2.37. The van der Waals surface area contributed by atoms with Gasteiger partial charge in [0, 0.05) is 16.8 Å². The zero-order chi connectivity index (χ0) is 23.9. The molecule has 0 saturated carbocycles. The van der Waals surface area contributed by atoms with Crippen molar-refractivity contribution in [2.24, 2.45) is 0 Å². The Morgan fingerprint density at radius 3 is 2.30 bits per heavy atom. The van der Waals surface area contributed by atoms with Gasteiger partial charge in [-0.25, -0.2) is 14.8 Å². The maximum absolute atomic E-state index is 13.2. The molecule has 1 unspecified atom stereocenters. The highest BCUT2D eigenvalue weighted by atomic mass is 16.5. The molecule has 1 aromatic heterocycles. The quantitative estimate of drug-likeness (QED) is 0.207. The molecule has 0 fully saturated rings. The standard InChI is InChI=1S/C24H24N4O5/c1-12(28(2)3)25-23(30)19-21-20(13-8-6-7-9-14(13)22(19)29)26-17-11-18(32-4)15(24(31)33-5)10-16(17)27-21/h6-12,29H,1-5H3,(H,25,30). The molecule has 1 amide bonds. The Hall–Kier alpha value is -3.98. The first kappa shape index (κ1) is 22.2. The number of aromatic hydroxyl groups is 1. The van der Waals surface area contributed by atoms with Crippen molar-refractivity contribution in [2.45, 2.75) is 13.1 Å². The minimum atomic E-state index is -0.588. The molecule has 0 saturated heterocycles. The van der Waals surface area contributed by atoms with Crippen LogP contribution in [-0.2, 0) is 4.74 Å². The van der Waals surface area contributed by atoms with Crippen LogP contribution in [0.2, 0.25) is 0 Å². The van der Waals surface area contributed by atoms with Crippen molar-refractivity contribution in [3.05, 3.63) is 47.5 Å². The number of carbonyl (C=O) groups is 2. The van der Waals surface area contributed by atoms with E-state index in [1.807, 2.05) is 38.1 Å². The molecular formula is C24H24N4O5. The first-order valence-electron chi connectivity index (χ1n) is 10.3. The van der Waals surface area contributed by atoms with Crippen molar-refractivity contribution in [3.63, 3.8) is 0 Å². The van der Waals surface area contributed by atoms with E-state index < -0.39 is 11.9 Å². The van der Waals surface area contributed by atoms with Gasteiger partial charge in [0.15, 0.2) is 0 Å². The van der Waals surface area contributed by atoms with Gasteiger partial charge in [-0.15, -0.1) is 0 Å². The summed E-state index contributed by atoms with van der Waals surface area (Å²) in [6.07, 6.45) is -0.290. The van der Waals surface area contributed by atoms with Crippen LogP contribution < -0.4 is 10.1 Å². The number of rotatable bonds is 5. The van der Waals surface area contributed by atoms with Crippen LogP contribution in [0.1, 0.15) is 27.6 Å². The molecule has 0 aliphatic carbocycles. The Labute approximate surface area is 189 Å². The lowest BCUT2D eigenvalue weighted by Gasteiger charge is -2.22. The predicted octanol–water partition coefficient (Wildman–Crippen LogP) is 3.07. The summed E-state index contributed by atoms with van der Waals surface area (Å²) in [4.78, 5) is 36.7. The third-order valence-corrected chi connectivity index (χ3v) is 5.64. The molecule has 2 N–H and O–H groups in total. The maximum Gasteiger partial charge on any atom is 0.341 e. The third-order valence-electron chi connectivity index (χ3n) is 5.64. The van der Waals surface area contributed by atoms with Crippen molar-refractivity contribution >= 4 is 44.7 Å². The highest BCUT2D eigenvalue weighted by molar-refractivity contribution is 6.19. The second-order valence-corrected chi connectivity index (χ2v) is 7.84. The van der Waals surface area contributed by atoms with E-state index in [4.69, 9.17) is 14.5 Å². The number of ether oxygens (including phenoxy) is 2. The molecule has 0 bridgehead atoms. The lowest BCUT2D eigenvalue weighted by atomic mass is 10.0. The number of phenols is 1. The minimum absolute atomic E-state index is 0.0160. The van der Waals surface area contributed by atoms with E-state index in [0.717, 1.165) is 0 Å². The zero-order valence-electron chi connectivity index (χ0n) is 19.0. The second-order valence-electron chi connectivity index (χ2n) is 7.84. The number of amides is 1. The van der Waals surface area contributed by atoms with Crippen LogP contribution in [0.15, 0.2) is 36.4 Å². The van der Waals surface area contributed by atoms with Gasteiger partial charge in [0.25, 0.3) is 5.91 Å². The lowest BCUT2D eigenvalue weighted by molar-refractivity contribution is 0.0597. The van der Waals surface area contributed by atoms with E-state index in [0.29, 0.717) is 33.1 Å². The van der Waals surface area contributed by atoms with Crippen molar-refractivity contribution in [1.82, 2.24) is 20.2 Å². The molecular weight excluding hydrogens is 424 g/mol. The molecule has 4 aromatic rings. The Morgan fingerprint density at radius 2 is 1.67 bits per heavy atom. The number of carbonyl (C=O) groups excluding carboxylic acids is 2. The molecule has 0 spiro atoms. The first-order valence-corrected chi connectivity index (χ1v) is 10.3. The fourth-order valence-electron chi connectivity index (χ4n) is 3.63.